The molecular weight excluding hydrogens is 260 g/mol. The van der Waals surface area contributed by atoms with Crippen LogP contribution in [-0.2, 0) is 0 Å². The van der Waals surface area contributed by atoms with Crippen LogP contribution in [0.3, 0.4) is 0 Å². The quantitative estimate of drug-likeness (QED) is 0.464. The molecule has 0 bridgehead atoms. The maximum absolute atomic E-state index is 11.1. The summed E-state index contributed by atoms with van der Waals surface area (Å²) in [7, 11) is 3.91. The van der Waals surface area contributed by atoms with Crippen LogP contribution in [0.4, 0.5) is 17.3 Å². The first kappa shape index (κ1) is 14.5. The number of nitro groups is 1. The fourth-order valence-electron chi connectivity index (χ4n) is 2.59. The van der Waals surface area contributed by atoms with E-state index in [-0.39, 0.29) is 5.69 Å². The first-order chi connectivity index (χ1) is 9.51. The number of nitrogens with zero attached hydrogens (tertiary/aromatic N) is 4. The van der Waals surface area contributed by atoms with E-state index in [2.05, 4.69) is 22.4 Å². The summed E-state index contributed by atoms with van der Waals surface area (Å²) in [6, 6.07) is 2.92. The molecule has 1 unspecified atom stereocenters. The van der Waals surface area contributed by atoms with E-state index in [9.17, 15) is 10.1 Å². The molecule has 2 heterocycles. The van der Waals surface area contributed by atoms with Gasteiger partial charge >= 0.3 is 5.69 Å². The Bertz CT molecular complexity index is 495. The van der Waals surface area contributed by atoms with Gasteiger partial charge < -0.3 is 15.2 Å². The molecule has 2 rings (SSSR count). The number of pyridine rings is 1. The minimum Gasteiger partial charge on any atom is -0.354 e. The maximum atomic E-state index is 11.1. The second-order valence-corrected chi connectivity index (χ2v) is 5.24. The number of anilines is 2. The standard InChI is InChI=1S/C12H20N6O2/c1-16-6-5-9(7-16)8-17(2)12-10(18(19)20)3-4-11(14-12)15-13/h3-4,9H,5-8,13H2,1-2H3,(H,14,15). The summed E-state index contributed by atoms with van der Waals surface area (Å²) < 4.78 is 0. The number of hydrogen-bond donors (Lipinski definition) is 2. The summed E-state index contributed by atoms with van der Waals surface area (Å²) >= 11 is 0. The number of rotatable bonds is 5. The van der Waals surface area contributed by atoms with Gasteiger partial charge in [0.05, 0.1) is 4.92 Å². The largest absolute Gasteiger partial charge is 0.354 e. The fourth-order valence-corrected chi connectivity index (χ4v) is 2.59. The lowest BCUT2D eigenvalue weighted by Crippen LogP contribution is -2.28. The Morgan fingerprint density at radius 3 is 2.95 bits per heavy atom. The molecule has 0 saturated carbocycles. The zero-order chi connectivity index (χ0) is 14.7. The molecule has 1 aromatic rings. The Morgan fingerprint density at radius 1 is 1.65 bits per heavy atom. The average molecular weight is 280 g/mol. The van der Waals surface area contributed by atoms with Gasteiger partial charge in [-0.05, 0) is 32.0 Å². The van der Waals surface area contributed by atoms with Gasteiger partial charge in [0.25, 0.3) is 0 Å². The van der Waals surface area contributed by atoms with Crippen molar-refractivity contribution in [3.63, 3.8) is 0 Å². The van der Waals surface area contributed by atoms with Gasteiger partial charge in [0.1, 0.15) is 5.82 Å². The molecule has 1 fully saturated rings. The Kier molecular flexibility index (Phi) is 4.35. The first-order valence-corrected chi connectivity index (χ1v) is 6.53. The van der Waals surface area contributed by atoms with Crippen LogP contribution < -0.4 is 16.2 Å². The lowest BCUT2D eigenvalue weighted by atomic mass is 10.1. The third-order valence-corrected chi connectivity index (χ3v) is 3.58. The van der Waals surface area contributed by atoms with Gasteiger partial charge in [-0.2, -0.15) is 0 Å². The third-order valence-electron chi connectivity index (χ3n) is 3.58. The molecule has 0 amide bonds. The summed E-state index contributed by atoms with van der Waals surface area (Å²) in [5, 5.41) is 11.1. The molecule has 0 aromatic carbocycles. The van der Waals surface area contributed by atoms with E-state index in [1.54, 1.807) is 0 Å². The second-order valence-electron chi connectivity index (χ2n) is 5.24. The maximum Gasteiger partial charge on any atom is 0.311 e. The van der Waals surface area contributed by atoms with Crippen molar-refractivity contribution in [3.8, 4) is 0 Å². The number of hydrazine groups is 1. The van der Waals surface area contributed by atoms with E-state index >= 15 is 0 Å². The highest BCUT2D eigenvalue weighted by Gasteiger charge is 2.25. The average Bonchev–Trinajstić information content (AvgIpc) is 2.83. The number of nitrogens with two attached hydrogens (primary N) is 1. The minimum absolute atomic E-state index is 0.00199. The van der Waals surface area contributed by atoms with Gasteiger partial charge in [-0.25, -0.2) is 10.8 Å². The van der Waals surface area contributed by atoms with Crippen molar-refractivity contribution in [1.82, 2.24) is 9.88 Å². The number of aromatic nitrogens is 1. The highest BCUT2D eigenvalue weighted by molar-refractivity contribution is 5.61. The third kappa shape index (κ3) is 3.14. The van der Waals surface area contributed by atoms with E-state index in [0.717, 1.165) is 26.1 Å². The van der Waals surface area contributed by atoms with Crippen LogP contribution in [0.15, 0.2) is 12.1 Å². The summed E-state index contributed by atoms with van der Waals surface area (Å²) in [5.74, 6) is 6.58. The number of nitrogens with one attached hydrogen (secondary N) is 1. The van der Waals surface area contributed by atoms with Crippen molar-refractivity contribution in [2.24, 2.45) is 11.8 Å². The Balaban J connectivity index is 2.18. The predicted molar refractivity (Wildman–Crippen MR) is 77.6 cm³/mol. The Labute approximate surface area is 117 Å². The van der Waals surface area contributed by atoms with Crippen LogP contribution in [0, 0.1) is 16.0 Å². The second kappa shape index (κ2) is 6.02. The lowest BCUT2D eigenvalue weighted by molar-refractivity contribution is -0.384. The smallest absolute Gasteiger partial charge is 0.311 e. The highest BCUT2D eigenvalue weighted by atomic mass is 16.6. The monoisotopic (exact) mass is 280 g/mol. The van der Waals surface area contributed by atoms with Crippen LogP contribution in [0.1, 0.15) is 6.42 Å². The molecule has 8 nitrogen and oxygen atoms in total. The normalized spacial score (nSPS) is 19.1. The van der Waals surface area contributed by atoms with Crippen molar-refractivity contribution >= 4 is 17.3 Å². The Hall–Kier alpha value is -1.93. The fraction of sp³-hybridized carbons (Fsp3) is 0.583. The van der Waals surface area contributed by atoms with Gasteiger partial charge in [0.15, 0.2) is 0 Å². The first-order valence-electron chi connectivity index (χ1n) is 6.53. The molecule has 0 spiro atoms. The molecule has 0 aliphatic carbocycles. The Morgan fingerprint density at radius 2 is 2.40 bits per heavy atom. The van der Waals surface area contributed by atoms with Crippen LogP contribution >= 0.6 is 0 Å². The lowest BCUT2D eigenvalue weighted by Gasteiger charge is -2.22. The van der Waals surface area contributed by atoms with Gasteiger partial charge in [-0.1, -0.05) is 0 Å². The van der Waals surface area contributed by atoms with Crippen molar-refractivity contribution in [2.45, 2.75) is 6.42 Å². The van der Waals surface area contributed by atoms with E-state index in [0.29, 0.717) is 17.6 Å². The molecule has 1 aliphatic heterocycles. The molecule has 1 aromatic heterocycles. The van der Waals surface area contributed by atoms with Crippen LogP contribution in [0.25, 0.3) is 0 Å². The molecule has 0 radical (unpaired) electrons. The van der Waals surface area contributed by atoms with Crippen molar-refractivity contribution in [2.75, 3.05) is 44.1 Å². The van der Waals surface area contributed by atoms with Gasteiger partial charge in [-0.3, -0.25) is 10.1 Å². The van der Waals surface area contributed by atoms with Crippen molar-refractivity contribution in [3.05, 3.63) is 22.2 Å². The SMILES string of the molecule is CN1CCC(CN(C)c2nc(NN)ccc2[N+](=O)[O-])C1. The summed E-state index contributed by atoms with van der Waals surface area (Å²) in [5.41, 5.74) is 2.42. The molecule has 8 heteroatoms. The van der Waals surface area contributed by atoms with Crippen LogP contribution in [0.5, 0.6) is 0 Å². The zero-order valence-corrected chi connectivity index (χ0v) is 11.7. The topological polar surface area (TPSA) is 101 Å². The minimum atomic E-state index is -0.417. The summed E-state index contributed by atoms with van der Waals surface area (Å²) in [6.07, 6.45) is 1.10. The molecule has 20 heavy (non-hydrogen) atoms. The van der Waals surface area contributed by atoms with E-state index in [4.69, 9.17) is 5.84 Å². The van der Waals surface area contributed by atoms with E-state index < -0.39 is 4.92 Å². The number of nitrogen functional groups attached to an aromatic ring is 1. The zero-order valence-electron chi connectivity index (χ0n) is 11.7. The predicted octanol–water partition coefficient (Wildman–Crippen LogP) is 0.663. The molecule has 1 saturated heterocycles. The van der Waals surface area contributed by atoms with Crippen LogP contribution in [-0.4, -0.2) is 48.5 Å². The van der Waals surface area contributed by atoms with Gasteiger partial charge in [0, 0.05) is 26.2 Å². The summed E-state index contributed by atoms with van der Waals surface area (Å²) in [6.45, 7) is 2.82. The summed E-state index contributed by atoms with van der Waals surface area (Å²) in [4.78, 5) is 19.0. The number of hydrogen-bond acceptors (Lipinski definition) is 7. The molecular formula is C12H20N6O2. The van der Waals surface area contributed by atoms with Crippen LogP contribution in [0.2, 0.25) is 0 Å². The number of likely N-dealkylation sites (tertiary alicyclic amines) is 1. The van der Waals surface area contributed by atoms with E-state index in [1.165, 1.54) is 12.1 Å². The molecule has 3 N–H and O–H groups in total. The molecule has 110 valence electrons. The van der Waals surface area contributed by atoms with Crippen molar-refractivity contribution < 1.29 is 4.92 Å². The van der Waals surface area contributed by atoms with Gasteiger partial charge in [-0.15, -0.1) is 0 Å². The van der Waals surface area contributed by atoms with Gasteiger partial charge in [0.2, 0.25) is 5.82 Å². The van der Waals surface area contributed by atoms with E-state index in [1.807, 2.05) is 11.9 Å². The molecule has 1 atom stereocenters. The van der Waals surface area contributed by atoms with Crippen molar-refractivity contribution in [1.29, 1.82) is 0 Å². The molecule has 1 aliphatic rings. The highest BCUT2D eigenvalue weighted by Crippen LogP contribution is 2.28.